The van der Waals surface area contributed by atoms with Crippen molar-refractivity contribution in [2.75, 3.05) is 6.54 Å². The lowest BCUT2D eigenvalue weighted by Gasteiger charge is -2.33. The van der Waals surface area contributed by atoms with Gasteiger partial charge in [0.1, 0.15) is 10.3 Å². The minimum absolute atomic E-state index is 0.432. The Morgan fingerprint density at radius 2 is 2.21 bits per heavy atom. The second-order valence-electron chi connectivity index (χ2n) is 4.78. The van der Waals surface area contributed by atoms with E-state index in [1.54, 1.807) is 6.07 Å². The van der Waals surface area contributed by atoms with Gasteiger partial charge in [0.25, 0.3) is 0 Å². The molecule has 1 aliphatic heterocycles. The van der Waals surface area contributed by atoms with Crippen LogP contribution in [0.3, 0.4) is 0 Å². The van der Waals surface area contributed by atoms with Crippen molar-refractivity contribution in [1.29, 1.82) is 0 Å². The Morgan fingerprint density at radius 3 is 3.00 bits per heavy atom. The zero-order valence-corrected chi connectivity index (χ0v) is 12.9. The molecule has 1 unspecified atom stereocenters. The summed E-state index contributed by atoms with van der Waals surface area (Å²) >= 11 is 13.8. The van der Waals surface area contributed by atoms with Crippen LogP contribution in [0.25, 0.3) is 0 Å². The molecule has 0 amide bonds. The molecule has 0 aromatic carbocycles. The summed E-state index contributed by atoms with van der Waals surface area (Å²) in [6.07, 6.45) is 1.12. The Morgan fingerprint density at radius 1 is 1.37 bits per heavy atom. The number of pyridine rings is 1. The third kappa shape index (κ3) is 2.65. The second-order valence-corrected chi connectivity index (χ2v) is 6.53. The van der Waals surface area contributed by atoms with Crippen molar-refractivity contribution >= 4 is 34.5 Å². The second kappa shape index (κ2) is 5.41. The molecule has 19 heavy (non-hydrogen) atoms. The highest BCUT2D eigenvalue weighted by Gasteiger charge is 2.25. The third-order valence-corrected chi connectivity index (χ3v) is 5.20. The fourth-order valence-corrected chi connectivity index (χ4v) is 3.92. The average molecular weight is 313 g/mol. The molecule has 2 aromatic heterocycles. The Hall–Kier alpha value is -0.610. The van der Waals surface area contributed by atoms with Gasteiger partial charge < -0.3 is 0 Å². The van der Waals surface area contributed by atoms with Crippen LogP contribution in [0.5, 0.6) is 0 Å². The summed E-state index contributed by atoms with van der Waals surface area (Å²) in [5.74, 6) is 0. The number of nitrogens with zero attached hydrogens (tertiary/aromatic N) is 2. The smallest absolute Gasteiger partial charge is 0.135 e. The number of fused-ring (bicyclic) bond motifs is 1. The predicted molar refractivity (Wildman–Crippen MR) is 81.1 cm³/mol. The van der Waals surface area contributed by atoms with Crippen LogP contribution in [0.2, 0.25) is 10.3 Å². The monoisotopic (exact) mass is 312 g/mol. The molecule has 2 aromatic rings. The topological polar surface area (TPSA) is 16.1 Å². The lowest BCUT2D eigenvalue weighted by atomic mass is 10.0. The first-order valence-corrected chi connectivity index (χ1v) is 7.90. The number of aromatic nitrogens is 1. The van der Waals surface area contributed by atoms with Crippen LogP contribution >= 0.6 is 34.5 Å². The molecule has 100 valence electrons. The number of halogens is 2. The molecule has 1 atom stereocenters. The first-order valence-electron chi connectivity index (χ1n) is 6.26. The highest BCUT2D eigenvalue weighted by Crippen LogP contribution is 2.34. The van der Waals surface area contributed by atoms with E-state index in [0.29, 0.717) is 16.3 Å². The van der Waals surface area contributed by atoms with Crippen molar-refractivity contribution in [3.05, 3.63) is 49.9 Å². The number of hydrogen-bond acceptors (Lipinski definition) is 3. The zero-order valence-electron chi connectivity index (χ0n) is 10.6. The standard InChI is InChI=1S/C14H14Cl2N2S/c1-9-11-5-7-19-12(11)4-6-18(9)8-10-2-3-13(15)17-14(10)16/h2-3,5,7,9H,4,6,8H2,1H3. The molecule has 5 heteroatoms. The van der Waals surface area contributed by atoms with Gasteiger partial charge in [0, 0.05) is 29.6 Å². The third-order valence-electron chi connectivity index (χ3n) is 3.67. The number of hydrogen-bond donors (Lipinski definition) is 0. The van der Waals surface area contributed by atoms with E-state index in [1.165, 1.54) is 10.4 Å². The van der Waals surface area contributed by atoms with Crippen LogP contribution in [0.15, 0.2) is 23.6 Å². The van der Waals surface area contributed by atoms with Crippen LogP contribution in [-0.2, 0) is 13.0 Å². The predicted octanol–water partition coefficient (Wildman–Crippen LogP) is 4.57. The van der Waals surface area contributed by atoms with Gasteiger partial charge in [0.15, 0.2) is 0 Å². The van der Waals surface area contributed by atoms with Gasteiger partial charge in [-0.1, -0.05) is 29.3 Å². The number of thiophene rings is 1. The van der Waals surface area contributed by atoms with Gasteiger partial charge in [0.2, 0.25) is 0 Å². The van der Waals surface area contributed by atoms with E-state index < -0.39 is 0 Å². The highest BCUT2D eigenvalue weighted by molar-refractivity contribution is 7.10. The minimum atomic E-state index is 0.432. The summed E-state index contributed by atoms with van der Waals surface area (Å²) < 4.78 is 0. The fourth-order valence-electron chi connectivity index (χ4n) is 2.56. The molecule has 0 saturated heterocycles. The van der Waals surface area contributed by atoms with Gasteiger partial charge in [-0.3, -0.25) is 4.90 Å². The van der Waals surface area contributed by atoms with Gasteiger partial charge in [-0.15, -0.1) is 11.3 Å². The summed E-state index contributed by atoms with van der Waals surface area (Å²) in [5, 5.41) is 3.14. The summed E-state index contributed by atoms with van der Waals surface area (Å²) in [4.78, 5) is 8.06. The Labute approximate surface area is 127 Å². The normalized spacial score (nSPS) is 19.4. The summed E-state index contributed by atoms with van der Waals surface area (Å²) in [6.45, 7) is 4.13. The van der Waals surface area contributed by atoms with Crippen molar-refractivity contribution < 1.29 is 0 Å². The van der Waals surface area contributed by atoms with E-state index >= 15 is 0 Å². The first kappa shape index (κ1) is 13.4. The van der Waals surface area contributed by atoms with Gasteiger partial charge >= 0.3 is 0 Å². The molecule has 0 spiro atoms. The molecule has 0 bridgehead atoms. The van der Waals surface area contributed by atoms with Crippen LogP contribution in [0, 0.1) is 0 Å². The van der Waals surface area contributed by atoms with Crippen LogP contribution in [-0.4, -0.2) is 16.4 Å². The van der Waals surface area contributed by atoms with Crippen molar-refractivity contribution in [3.63, 3.8) is 0 Å². The molecule has 2 nitrogen and oxygen atoms in total. The zero-order chi connectivity index (χ0) is 13.4. The fraction of sp³-hybridized carbons (Fsp3) is 0.357. The molecule has 0 N–H and O–H groups in total. The van der Waals surface area contributed by atoms with Crippen molar-refractivity contribution in [2.24, 2.45) is 0 Å². The van der Waals surface area contributed by atoms with E-state index in [-0.39, 0.29) is 0 Å². The van der Waals surface area contributed by atoms with Crippen LogP contribution in [0.1, 0.15) is 29.0 Å². The molecule has 3 rings (SSSR count). The molecule has 3 heterocycles. The quantitative estimate of drug-likeness (QED) is 0.755. The summed E-state index contributed by atoms with van der Waals surface area (Å²) in [5.41, 5.74) is 2.49. The Balaban J connectivity index is 1.81. The largest absolute Gasteiger partial charge is 0.292 e. The average Bonchev–Trinajstić information content (AvgIpc) is 2.85. The molecule has 1 aliphatic rings. The van der Waals surface area contributed by atoms with E-state index in [1.807, 2.05) is 17.4 Å². The molecular formula is C14H14Cl2N2S. The molecule has 0 saturated carbocycles. The van der Waals surface area contributed by atoms with E-state index in [0.717, 1.165) is 25.1 Å². The minimum Gasteiger partial charge on any atom is -0.292 e. The van der Waals surface area contributed by atoms with E-state index in [2.05, 4.69) is 28.3 Å². The SMILES string of the molecule is CC1c2ccsc2CCN1Cc1ccc(Cl)nc1Cl. The lowest BCUT2D eigenvalue weighted by molar-refractivity contribution is 0.191. The summed E-state index contributed by atoms with van der Waals surface area (Å²) in [6, 6.07) is 6.43. The molecule has 0 fully saturated rings. The van der Waals surface area contributed by atoms with Gasteiger partial charge in [-0.05, 0) is 36.4 Å². The van der Waals surface area contributed by atoms with Crippen molar-refractivity contribution in [3.8, 4) is 0 Å². The maximum atomic E-state index is 6.16. The van der Waals surface area contributed by atoms with E-state index in [9.17, 15) is 0 Å². The van der Waals surface area contributed by atoms with Crippen LogP contribution < -0.4 is 0 Å². The van der Waals surface area contributed by atoms with Crippen LogP contribution in [0.4, 0.5) is 0 Å². The maximum absolute atomic E-state index is 6.16. The van der Waals surface area contributed by atoms with E-state index in [4.69, 9.17) is 23.2 Å². The highest BCUT2D eigenvalue weighted by atomic mass is 35.5. The first-order chi connectivity index (χ1) is 9.15. The van der Waals surface area contributed by atoms with Crippen molar-refractivity contribution in [1.82, 2.24) is 9.88 Å². The maximum Gasteiger partial charge on any atom is 0.135 e. The molecule has 0 aliphatic carbocycles. The van der Waals surface area contributed by atoms with Gasteiger partial charge in [0.05, 0.1) is 0 Å². The van der Waals surface area contributed by atoms with Crippen molar-refractivity contribution in [2.45, 2.75) is 25.9 Å². The Bertz CT molecular complexity index is 597. The Kier molecular flexibility index (Phi) is 3.81. The molecule has 0 radical (unpaired) electrons. The lowest BCUT2D eigenvalue weighted by Crippen LogP contribution is -2.32. The van der Waals surface area contributed by atoms with Gasteiger partial charge in [-0.25, -0.2) is 4.98 Å². The number of rotatable bonds is 2. The van der Waals surface area contributed by atoms with Gasteiger partial charge in [-0.2, -0.15) is 0 Å². The molecular weight excluding hydrogens is 299 g/mol. The summed E-state index contributed by atoms with van der Waals surface area (Å²) in [7, 11) is 0.